The van der Waals surface area contributed by atoms with Crippen molar-refractivity contribution in [1.82, 2.24) is 15.0 Å². The molecule has 1 N–H and O–H groups in total. The molecule has 0 bridgehead atoms. The molecule has 0 saturated carbocycles. The van der Waals surface area contributed by atoms with Crippen molar-refractivity contribution in [3.05, 3.63) is 16.9 Å². The fraction of sp³-hybridized carbons (Fsp3) is 0.727. The van der Waals surface area contributed by atoms with Crippen LogP contribution in [0.3, 0.4) is 0 Å². The van der Waals surface area contributed by atoms with Gasteiger partial charge >= 0.3 is 0 Å². The van der Waals surface area contributed by atoms with E-state index in [4.69, 9.17) is 12.2 Å². The van der Waals surface area contributed by atoms with Crippen LogP contribution in [0.5, 0.6) is 0 Å². The molecule has 0 radical (unpaired) electrons. The lowest BCUT2D eigenvalue weighted by atomic mass is 10.1. The van der Waals surface area contributed by atoms with Crippen LogP contribution in [0.4, 0.5) is 0 Å². The first kappa shape index (κ1) is 12.3. The lowest BCUT2D eigenvalue weighted by Crippen LogP contribution is -1.96. The summed E-state index contributed by atoms with van der Waals surface area (Å²) in [6.45, 7) is 2.24. The van der Waals surface area contributed by atoms with Crippen molar-refractivity contribution in [3.8, 4) is 0 Å². The van der Waals surface area contributed by atoms with Gasteiger partial charge in [0.15, 0.2) is 4.77 Å². The van der Waals surface area contributed by atoms with Crippen molar-refractivity contribution >= 4 is 12.2 Å². The molecule has 4 heteroatoms. The number of rotatable bonds is 7. The molecule has 0 aliphatic heterocycles. The number of aryl methyl sites for hydroxylation is 1. The van der Waals surface area contributed by atoms with Gasteiger partial charge in [-0.3, -0.25) is 0 Å². The molecule has 0 fully saturated rings. The van der Waals surface area contributed by atoms with Crippen molar-refractivity contribution in [2.75, 3.05) is 0 Å². The molecule has 0 aliphatic rings. The van der Waals surface area contributed by atoms with Crippen LogP contribution < -0.4 is 0 Å². The fourth-order valence-electron chi connectivity index (χ4n) is 1.54. The van der Waals surface area contributed by atoms with Crippen molar-refractivity contribution in [1.29, 1.82) is 0 Å². The third kappa shape index (κ3) is 5.62. The summed E-state index contributed by atoms with van der Waals surface area (Å²) in [6, 6.07) is 0. The van der Waals surface area contributed by atoms with Gasteiger partial charge in [0.05, 0.1) is 0 Å². The van der Waals surface area contributed by atoms with Gasteiger partial charge in [-0.1, -0.05) is 39.0 Å². The second-order valence-corrected chi connectivity index (χ2v) is 4.15. The molecule has 1 aromatic rings. The summed E-state index contributed by atoms with van der Waals surface area (Å²) in [6.07, 6.45) is 10.3. The molecule has 3 nitrogen and oxygen atoms in total. The fourth-order valence-corrected chi connectivity index (χ4v) is 1.70. The summed E-state index contributed by atoms with van der Waals surface area (Å²) in [5, 5.41) is 0. The van der Waals surface area contributed by atoms with E-state index in [-0.39, 0.29) is 0 Å². The summed E-state index contributed by atoms with van der Waals surface area (Å²) >= 11 is 4.93. The van der Waals surface area contributed by atoms with Gasteiger partial charge in [0.25, 0.3) is 0 Å². The van der Waals surface area contributed by atoms with Gasteiger partial charge in [-0.05, 0) is 18.6 Å². The maximum absolute atomic E-state index is 4.93. The van der Waals surface area contributed by atoms with Crippen LogP contribution in [-0.2, 0) is 6.42 Å². The summed E-state index contributed by atoms with van der Waals surface area (Å²) in [4.78, 5) is 11.0. The molecule has 1 heterocycles. The van der Waals surface area contributed by atoms with Gasteiger partial charge in [-0.2, -0.15) is 0 Å². The highest BCUT2D eigenvalue weighted by atomic mass is 32.1. The van der Waals surface area contributed by atoms with Gasteiger partial charge in [-0.25, -0.2) is 9.97 Å². The van der Waals surface area contributed by atoms with Crippen LogP contribution in [0.1, 0.15) is 51.3 Å². The minimum Gasteiger partial charge on any atom is -0.319 e. The van der Waals surface area contributed by atoms with E-state index in [2.05, 4.69) is 21.9 Å². The number of nitrogens with zero attached hydrogens (tertiary/aromatic N) is 2. The van der Waals surface area contributed by atoms with Crippen LogP contribution in [0, 0.1) is 4.77 Å². The van der Waals surface area contributed by atoms with Gasteiger partial charge in [0.1, 0.15) is 12.2 Å². The SMILES string of the molecule is CCCCCCCCc1ncnc(=S)[nH]1. The monoisotopic (exact) mass is 225 g/mol. The molecule has 84 valence electrons. The van der Waals surface area contributed by atoms with Crippen molar-refractivity contribution in [2.24, 2.45) is 0 Å². The molecule has 0 aromatic carbocycles. The smallest absolute Gasteiger partial charge is 0.199 e. The molecule has 0 saturated heterocycles. The highest BCUT2D eigenvalue weighted by molar-refractivity contribution is 7.71. The Kier molecular flexibility index (Phi) is 6.16. The first-order valence-electron chi connectivity index (χ1n) is 5.73. The number of aromatic nitrogens is 3. The Morgan fingerprint density at radius 2 is 1.87 bits per heavy atom. The van der Waals surface area contributed by atoms with Gasteiger partial charge in [-0.15, -0.1) is 0 Å². The van der Waals surface area contributed by atoms with Gasteiger partial charge in [0.2, 0.25) is 0 Å². The van der Waals surface area contributed by atoms with E-state index in [0.29, 0.717) is 4.77 Å². The standard InChI is InChI=1S/C11H19N3S/c1-2-3-4-5-6-7-8-10-12-9-13-11(15)14-10/h9H,2-8H2,1H3,(H,12,13,14,15). The summed E-state index contributed by atoms with van der Waals surface area (Å²) in [5.41, 5.74) is 0. The molecule has 0 aliphatic carbocycles. The number of unbranched alkanes of at least 4 members (excludes halogenated alkanes) is 5. The molecule has 0 spiro atoms. The van der Waals surface area contributed by atoms with Crippen LogP contribution in [0.15, 0.2) is 6.33 Å². The van der Waals surface area contributed by atoms with Crippen molar-refractivity contribution in [3.63, 3.8) is 0 Å². The third-order valence-electron chi connectivity index (χ3n) is 2.41. The highest BCUT2D eigenvalue weighted by Gasteiger charge is 1.95. The Bertz CT molecular complexity index is 322. The molecule has 15 heavy (non-hydrogen) atoms. The molecule has 0 unspecified atom stereocenters. The topological polar surface area (TPSA) is 41.6 Å². The minimum atomic E-state index is 0.533. The zero-order valence-corrected chi connectivity index (χ0v) is 10.1. The minimum absolute atomic E-state index is 0.533. The number of aromatic amines is 1. The zero-order valence-electron chi connectivity index (χ0n) is 9.33. The van der Waals surface area contributed by atoms with Crippen LogP contribution in [0.25, 0.3) is 0 Å². The maximum atomic E-state index is 4.93. The number of hydrogen-bond donors (Lipinski definition) is 1. The quantitative estimate of drug-likeness (QED) is 0.571. The van der Waals surface area contributed by atoms with E-state index in [1.165, 1.54) is 44.9 Å². The van der Waals surface area contributed by atoms with Crippen molar-refractivity contribution in [2.45, 2.75) is 51.9 Å². The molecule has 0 atom stereocenters. The average Bonchev–Trinajstić information content (AvgIpc) is 2.23. The molecule has 1 rings (SSSR count). The lowest BCUT2D eigenvalue weighted by molar-refractivity contribution is 0.599. The Hall–Kier alpha value is -0.770. The Balaban J connectivity index is 2.12. The number of nitrogens with one attached hydrogen (secondary N) is 1. The van der Waals surface area contributed by atoms with Gasteiger partial charge in [0, 0.05) is 6.42 Å². The van der Waals surface area contributed by atoms with E-state index in [9.17, 15) is 0 Å². The second-order valence-electron chi connectivity index (χ2n) is 3.77. The largest absolute Gasteiger partial charge is 0.319 e. The van der Waals surface area contributed by atoms with Crippen LogP contribution in [0.2, 0.25) is 0 Å². The Morgan fingerprint density at radius 1 is 1.13 bits per heavy atom. The Morgan fingerprint density at radius 3 is 2.60 bits per heavy atom. The van der Waals surface area contributed by atoms with E-state index < -0.39 is 0 Å². The average molecular weight is 225 g/mol. The third-order valence-corrected chi connectivity index (χ3v) is 2.61. The molecular formula is C11H19N3S. The molecular weight excluding hydrogens is 206 g/mol. The predicted molar refractivity (Wildman–Crippen MR) is 64.3 cm³/mol. The summed E-state index contributed by atoms with van der Waals surface area (Å²) in [7, 11) is 0. The Labute approximate surface area is 96.4 Å². The van der Waals surface area contributed by atoms with Crippen LogP contribution >= 0.6 is 12.2 Å². The molecule has 0 amide bonds. The summed E-state index contributed by atoms with van der Waals surface area (Å²) in [5.74, 6) is 0.963. The highest BCUT2D eigenvalue weighted by Crippen LogP contribution is 2.06. The first-order chi connectivity index (χ1) is 7.33. The van der Waals surface area contributed by atoms with E-state index in [1.807, 2.05) is 0 Å². The summed E-state index contributed by atoms with van der Waals surface area (Å²) < 4.78 is 0.533. The van der Waals surface area contributed by atoms with Gasteiger partial charge < -0.3 is 4.98 Å². The predicted octanol–water partition coefficient (Wildman–Crippen LogP) is 3.44. The second kappa shape index (κ2) is 7.51. The van der Waals surface area contributed by atoms with Crippen LogP contribution in [-0.4, -0.2) is 15.0 Å². The normalized spacial score (nSPS) is 10.5. The lowest BCUT2D eigenvalue weighted by Gasteiger charge is -2.00. The zero-order chi connectivity index (χ0) is 10.9. The maximum Gasteiger partial charge on any atom is 0.199 e. The first-order valence-corrected chi connectivity index (χ1v) is 6.14. The number of hydrogen-bond acceptors (Lipinski definition) is 3. The van der Waals surface area contributed by atoms with E-state index >= 15 is 0 Å². The number of H-pyrrole nitrogens is 1. The van der Waals surface area contributed by atoms with Crippen molar-refractivity contribution < 1.29 is 0 Å². The molecule has 1 aromatic heterocycles. The van der Waals surface area contributed by atoms with E-state index in [0.717, 1.165) is 12.2 Å². The van der Waals surface area contributed by atoms with E-state index in [1.54, 1.807) is 0 Å².